The van der Waals surface area contributed by atoms with E-state index in [0.29, 0.717) is 31.2 Å². The molecule has 1 aliphatic heterocycles. The fraction of sp³-hybridized carbons (Fsp3) is 0.500. The number of thiazole rings is 1. The van der Waals surface area contributed by atoms with Gasteiger partial charge in [-0.3, -0.25) is 4.79 Å². The monoisotopic (exact) mass is 414 g/mol. The van der Waals surface area contributed by atoms with Crippen LogP contribution >= 0.6 is 11.3 Å². The number of hydrogen-bond acceptors (Lipinski definition) is 7. The minimum absolute atomic E-state index is 0.128. The number of imidazole rings is 1. The number of aryl methyl sites for hydroxylation is 1. The van der Waals surface area contributed by atoms with Crippen molar-refractivity contribution in [3.63, 3.8) is 0 Å². The maximum Gasteiger partial charge on any atom is 0.222 e. The molecule has 1 atom stereocenters. The first-order chi connectivity index (χ1) is 14.1. The number of fused-ring (bicyclic) bond motifs is 2. The van der Waals surface area contributed by atoms with Crippen molar-refractivity contribution in [2.75, 3.05) is 26.0 Å². The van der Waals surface area contributed by atoms with E-state index in [0.717, 1.165) is 46.8 Å². The minimum Gasteiger partial charge on any atom is -0.383 e. The molecular formula is C20H26N6O2S. The molecule has 4 rings (SSSR count). The molecule has 3 aromatic rings. The third-order valence-corrected chi connectivity index (χ3v) is 6.17. The van der Waals surface area contributed by atoms with Crippen LogP contribution in [0.5, 0.6) is 0 Å². The van der Waals surface area contributed by atoms with Crippen LogP contribution in [0.2, 0.25) is 0 Å². The number of nitrogens with two attached hydrogens (primary N) is 1. The summed E-state index contributed by atoms with van der Waals surface area (Å²) >= 11 is 1.48. The molecule has 4 heterocycles. The zero-order valence-corrected chi connectivity index (χ0v) is 17.6. The normalized spacial score (nSPS) is 14.9. The Morgan fingerprint density at radius 1 is 1.41 bits per heavy atom. The highest BCUT2D eigenvalue weighted by Gasteiger charge is 2.24. The third kappa shape index (κ3) is 4.11. The van der Waals surface area contributed by atoms with E-state index in [2.05, 4.69) is 21.5 Å². The second kappa shape index (κ2) is 8.46. The minimum atomic E-state index is 0.128. The molecule has 0 saturated carbocycles. The van der Waals surface area contributed by atoms with Crippen LogP contribution < -0.4 is 5.73 Å². The summed E-state index contributed by atoms with van der Waals surface area (Å²) in [6, 6.07) is 3.99. The number of anilines is 1. The SMILES string of the molecule is COC[C@@H](C)n1c(CCCC(=O)N2CCc3nc(N)sc3C2)nc2cccnc21. The van der Waals surface area contributed by atoms with E-state index >= 15 is 0 Å². The van der Waals surface area contributed by atoms with E-state index in [4.69, 9.17) is 15.5 Å². The Balaban J connectivity index is 1.41. The quantitative estimate of drug-likeness (QED) is 0.638. The second-order valence-corrected chi connectivity index (χ2v) is 8.50. The highest BCUT2D eigenvalue weighted by atomic mass is 32.1. The molecule has 1 amide bonds. The molecule has 0 bridgehead atoms. The smallest absolute Gasteiger partial charge is 0.222 e. The molecule has 0 radical (unpaired) electrons. The van der Waals surface area contributed by atoms with E-state index in [-0.39, 0.29) is 11.9 Å². The summed E-state index contributed by atoms with van der Waals surface area (Å²) in [6.45, 7) is 4.01. The zero-order chi connectivity index (χ0) is 20.4. The molecule has 29 heavy (non-hydrogen) atoms. The average Bonchev–Trinajstić information content (AvgIpc) is 3.26. The highest BCUT2D eigenvalue weighted by Crippen LogP contribution is 2.27. The van der Waals surface area contributed by atoms with Crippen LogP contribution in [0.25, 0.3) is 11.2 Å². The maximum atomic E-state index is 12.7. The van der Waals surface area contributed by atoms with Crippen LogP contribution in [0.1, 0.15) is 42.2 Å². The number of nitrogen functional groups attached to an aromatic ring is 1. The maximum absolute atomic E-state index is 12.7. The van der Waals surface area contributed by atoms with Crippen molar-refractivity contribution in [3.8, 4) is 0 Å². The predicted molar refractivity (Wildman–Crippen MR) is 113 cm³/mol. The highest BCUT2D eigenvalue weighted by molar-refractivity contribution is 7.15. The van der Waals surface area contributed by atoms with Gasteiger partial charge in [-0.1, -0.05) is 0 Å². The summed E-state index contributed by atoms with van der Waals surface area (Å²) < 4.78 is 7.47. The Labute approximate surface area is 173 Å². The standard InChI is InChI=1S/C20H26N6O2S/c1-13(12-28-2)26-17(23-15-5-4-9-22-19(15)26)6-3-7-18(27)25-10-8-14-16(11-25)29-20(21)24-14/h4-5,9,13H,3,6-8,10-12H2,1-2H3,(H2,21,24)/t13-/m1/s1. The average molecular weight is 415 g/mol. The van der Waals surface area contributed by atoms with Gasteiger partial charge in [0.1, 0.15) is 11.3 Å². The summed E-state index contributed by atoms with van der Waals surface area (Å²) in [7, 11) is 1.70. The van der Waals surface area contributed by atoms with E-state index in [9.17, 15) is 4.79 Å². The largest absolute Gasteiger partial charge is 0.383 e. The van der Waals surface area contributed by atoms with Gasteiger partial charge in [0, 0.05) is 44.0 Å². The molecule has 154 valence electrons. The number of ether oxygens (including phenoxy) is 1. The molecule has 0 fully saturated rings. The van der Waals surface area contributed by atoms with Crippen molar-refractivity contribution in [2.24, 2.45) is 0 Å². The van der Waals surface area contributed by atoms with Crippen LogP contribution in [0, 0.1) is 0 Å². The molecule has 0 spiro atoms. The van der Waals surface area contributed by atoms with Gasteiger partial charge < -0.3 is 19.9 Å². The van der Waals surface area contributed by atoms with Gasteiger partial charge in [-0.15, -0.1) is 11.3 Å². The first kappa shape index (κ1) is 19.8. The molecule has 2 N–H and O–H groups in total. The van der Waals surface area contributed by atoms with Crippen molar-refractivity contribution < 1.29 is 9.53 Å². The van der Waals surface area contributed by atoms with Gasteiger partial charge in [-0.05, 0) is 25.5 Å². The zero-order valence-electron chi connectivity index (χ0n) is 16.8. The number of pyridine rings is 1. The lowest BCUT2D eigenvalue weighted by Gasteiger charge is -2.26. The van der Waals surface area contributed by atoms with Crippen molar-refractivity contribution in [1.29, 1.82) is 0 Å². The molecule has 0 saturated heterocycles. The Morgan fingerprint density at radius 2 is 2.28 bits per heavy atom. The van der Waals surface area contributed by atoms with Crippen LogP contribution in [0.3, 0.4) is 0 Å². The second-order valence-electron chi connectivity index (χ2n) is 7.39. The summed E-state index contributed by atoms with van der Waals surface area (Å²) in [6.07, 6.45) is 4.53. The molecule has 0 unspecified atom stereocenters. The number of aromatic nitrogens is 4. The Hall–Kier alpha value is -2.52. The number of amides is 1. The topological polar surface area (TPSA) is 99.2 Å². The van der Waals surface area contributed by atoms with E-state index in [1.165, 1.54) is 11.3 Å². The van der Waals surface area contributed by atoms with Crippen LogP contribution in [0.4, 0.5) is 5.13 Å². The fourth-order valence-electron chi connectivity index (χ4n) is 3.92. The van der Waals surface area contributed by atoms with E-state index < -0.39 is 0 Å². The van der Waals surface area contributed by atoms with Gasteiger partial charge in [0.2, 0.25) is 5.91 Å². The summed E-state index contributed by atoms with van der Waals surface area (Å²) in [4.78, 5) is 29.3. The van der Waals surface area contributed by atoms with Gasteiger partial charge in [-0.25, -0.2) is 15.0 Å². The first-order valence-electron chi connectivity index (χ1n) is 9.89. The van der Waals surface area contributed by atoms with Gasteiger partial charge >= 0.3 is 0 Å². The molecular weight excluding hydrogens is 388 g/mol. The fourth-order valence-corrected chi connectivity index (χ4v) is 4.81. The molecule has 0 aromatic carbocycles. The lowest BCUT2D eigenvalue weighted by atomic mass is 10.1. The predicted octanol–water partition coefficient (Wildman–Crippen LogP) is 2.59. The van der Waals surface area contributed by atoms with Gasteiger partial charge in [-0.2, -0.15) is 0 Å². The number of methoxy groups -OCH3 is 1. The van der Waals surface area contributed by atoms with E-state index in [1.807, 2.05) is 17.0 Å². The Morgan fingerprint density at radius 3 is 3.10 bits per heavy atom. The Kier molecular flexibility index (Phi) is 5.77. The molecule has 1 aliphatic rings. The molecule has 0 aliphatic carbocycles. The lowest BCUT2D eigenvalue weighted by Crippen LogP contribution is -2.35. The van der Waals surface area contributed by atoms with Crippen LogP contribution in [-0.2, 0) is 28.9 Å². The number of carbonyl (C=O) groups is 1. The summed E-state index contributed by atoms with van der Waals surface area (Å²) in [5.41, 5.74) is 8.59. The molecule has 8 nitrogen and oxygen atoms in total. The van der Waals surface area contributed by atoms with Crippen molar-refractivity contribution in [2.45, 2.75) is 45.2 Å². The number of nitrogens with zero attached hydrogens (tertiary/aromatic N) is 5. The number of carbonyl (C=O) groups excluding carboxylic acids is 1. The number of rotatable bonds is 7. The summed E-state index contributed by atoms with van der Waals surface area (Å²) in [5, 5.41) is 0.585. The van der Waals surface area contributed by atoms with Crippen molar-refractivity contribution >= 4 is 33.5 Å². The van der Waals surface area contributed by atoms with Gasteiger partial charge in [0.15, 0.2) is 10.8 Å². The third-order valence-electron chi connectivity index (χ3n) is 5.26. The lowest BCUT2D eigenvalue weighted by molar-refractivity contribution is -0.132. The Bertz CT molecular complexity index is 1010. The van der Waals surface area contributed by atoms with Gasteiger partial charge in [0.05, 0.1) is 24.9 Å². The number of hydrogen-bond donors (Lipinski definition) is 1. The first-order valence-corrected chi connectivity index (χ1v) is 10.7. The van der Waals surface area contributed by atoms with Crippen molar-refractivity contribution in [1.82, 2.24) is 24.4 Å². The summed E-state index contributed by atoms with van der Waals surface area (Å²) in [5.74, 6) is 1.13. The van der Waals surface area contributed by atoms with Gasteiger partial charge in [0.25, 0.3) is 0 Å². The van der Waals surface area contributed by atoms with Crippen LogP contribution in [0.15, 0.2) is 18.3 Å². The van der Waals surface area contributed by atoms with Crippen molar-refractivity contribution in [3.05, 3.63) is 34.7 Å². The van der Waals surface area contributed by atoms with E-state index in [1.54, 1.807) is 13.3 Å². The van der Waals surface area contributed by atoms with Crippen LogP contribution in [-0.4, -0.2) is 50.6 Å². The molecule has 9 heteroatoms. The molecule has 3 aromatic heterocycles.